The van der Waals surface area contributed by atoms with E-state index in [9.17, 15) is 19.2 Å². The van der Waals surface area contributed by atoms with Crippen molar-refractivity contribution in [2.75, 3.05) is 10.6 Å². The van der Waals surface area contributed by atoms with Gasteiger partial charge in [0.2, 0.25) is 11.8 Å². The van der Waals surface area contributed by atoms with Crippen LogP contribution >= 0.6 is 0 Å². The predicted octanol–water partition coefficient (Wildman–Crippen LogP) is 5.71. The van der Waals surface area contributed by atoms with Crippen LogP contribution in [0.25, 0.3) is 0 Å². The third-order valence-electron chi connectivity index (χ3n) is 6.62. The van der Waals surface area contributed by atoms with E-state index in [1.54, 1.807) is 86.6 Å². The van der Waals surface area contributed by atoms with Gasteiger partial charge in [0, 0.05) is 24.2 Å². The van der Waals surface area contributed by atoms with Gasteiger partial charge in [0.1, 0.15) is 0 Å². The summed E-state index contributed by atoms with van der Waals surface area (Å²) in [4.78, 5) is 48.6. The highest BCUT2D eigenvalue weighted by Gasteiger charge is 2.10. The lowest BCUT2D eigenvalue weighted by molar-refractivity contribution is -0.121. The Morgan fingerprint density at radius 1 is 0.578 bits per heavy atom. The van der Waals surface area contributed by atoms with Gasteiger partial charge in [0.15, 0.2) is 11.5 Å². The number of carbonyl (C=O) groups is 4. The second-order valence-electron chi connectivity index (χ2n) is 10.0. The van der Waals surface area contributed by atoms with E-state index >= 15 is 0 Å². The predicted molar refractivity (Wildman–Crippen MR) is 170 cm³/mol. The summed E-state index contributed by atoms with van der Waals surface area (Å²) >= 11 is 0. The molecule has 0 bridgehead atoms. The Kier molecular flexibility index (Phi) is 11.6. The average Bonchev–Trinajstić information content (AvgIpc) is 3.79. The van der Waals surface area contributed by atoms with Crippen LogP contribution in [0.3, 0.4) is 0 Å². The van der Waals surface area contributed by atoms with Crippen LogP contribution in [0.1, 0.15) is 78.2 Å². The standard InChI is InChI=1S/C33H34N6O6/c1-22(24-12-16-26(17-13-24)34-32(42)28-8-6-20-44-28)36-38-30(40)10-4-3-5-11-31(41)39-37-23(2)25-14-18-27(19-15-25)35-33(43)29-9-7-21-45-29/h6-9,12-21H,3-5,10-11H2,1-2H3,(H,34,42)(H,35,43)(H,38,40)(H,39,41). The summed E-state index contributed by atoms with van der Waals surface area (Å²) < 4.78 is 10.2. The van der Waals surface area contributed by atoms with E-state index in [-0.39, 0.29) is 48.0 Å². The highest BCUT2D eigenvalue weighted by molar-refractivity contribution is 6.04. The van der Waals surface area contributed by atoms with Crippen LogP contribution in [0.5, 0.6) is 0 Å². The molecule has 0 unspecified atom stereocenters. The first-order chi connectivity index (χ1) is 21.8. The molecule has 2 aromatic carbocycles. The fourth-order valence-corrected chi connectivity index (χ4v) is 4.07. The highest BCUT2D eigenvalue weighted by Crippen LogP contribution is 2.14. The van der Waals surface area contributed by atoms with Crippen molar-refractivity contribution in [3.63, 3.8) is 0 Å². The lowest BCUT2D eigenvalue weighted by Gasteiger charge is -2.06. The molecule has 0 atom stereocenters. The molecule has 4 N–H and O–H groups in total. The fourth-order valence-electron chi connectivity index (χ4n) is 4.07. The van der Waals surface area contributed by atoms with Crippen LogP contribution in [0.4, 0.5) is 11.4 Å². The maximum absolute atomic E-state index is 12.2. The number of benzene rings is 2. The zero-order valence-electron chi connectivity index (χ0n) is 25.0. The van der Waals surface area contributed by atoms with E-state index in [2.05, 4.69) is 31.7 Å². The molecule has 4 rings (SSSR count). The van der Waals surface area contributed by atoms with Crippen LogP contribution < -0.4 is 21.5 Å². The number of furan rings is 2. The summed E-state index contributed by atoms with van der Waals surface area (Å²) in [5.41, 5.74) is 9.15. The number of anilines is 2. The smallest absolute Gasteiger partial charge is 0.291 e. The van der Waals surface area contributed by atoms with E-state index in [1.807, 2.05) is 0 Å². The van der Waals surface area contributed by atoms with Crippen molar-refractivity contribution >= 4 is 46.4 Å². The van der Waals surface area contributed by atoms with Gasteiger partial charge < -0.3 is 19.5 Å². The largest absolute Gasteiger partial charge is 0.459 e. The number of rotatable bonds is 14. The second kappa shape index (κ2) is 16.2. The van der Waals surface area contributed by atoms with Gasteiger partial charge in [-0.05, 0) is 86.3 Å². The first-order valence-corrected chi connectivity index (χ1v) is 14.4. The molecule has 12 heteroatoms. The Morgan fingerprint density at radius 3 is 1.33 bits per heavy atom. The summed E-state index contributed by atoms with van der Waals surface area (Å²) in [6.07, 6.45) is 5.36. The third-order valence-corrected chi connectivity index (χ3v) is 6.62. The SMILES string of the molecule is CC(=NNC(=O)CCCCCC(=O)NN=C(C)c1ccc(NC(=O)c2ccco2)cc1)c1ccc(NC(=O)c2ccco2)cc1. The first-order valence-electron chi connectivity index (χ1n) is 14.4. The number of unbranched alkanes of at least 4 members (excludes halogenated alkanes) is 2. The van der Waals surface area contributed by atoms with Crippen LogP contribution in [0.2, 0.25) is 0 Å². The Bertz CT molecular complexity index is 1520. The molecule has 0 radical (unpaired) electrons. The van der Waals surface area contributed by atoms with Gasteiger partial charge in [-0.3, -0.25) is 19.2 Å². The molecule has 0 saturated heterocycles. The number of nitrogens with one attached hydrogen (secondary N) is 4. The van der Waals surface area contributed by atoms with Crippen LogP contribution in [-0.4, -0.2) is 35.1 Å². The van der Waals surface area contributed by atoms with Gasteiger partial charge in [0.25, 0.3) is 11.8 Å². The minimum atomic E-state index is -0.343. The van der Waals surface area contributed by atoms with E-state index in [4.69, 9.17) is 8.83 Å². The van der Waals surface area contributed by atoms with Crippen molar-refractivity contribution in [1.82, 2.24) is 10.9 Å². The normalized spacial score (nSPS) is 11.5. The maximum atomic E-state index is 12.2. The van der Waals surface area contributed by atoms with E-state index < -0.39 is 0 Å². The van der Waals surface area contributed by atoms with Gasteiger partial charge in [-0.1, -0.05) is 30.7 Å². The summed E-state index contributed by atoms with van der Waals surface area (Å²) in [6.45, 7) is 3.55. The maximum Gasteiger partial charge on any atom is 0.291 e. The molecular formula is C33H34N6O6. The lowest BCUT2D eigenvalue weighted by Crippen LogP contribution is -2.19. The van der Waals surface area contributed by atoms with E-state index in [0.29, 0.717) is 42.1 Å². The Labute approximate surface area is 260 Å². The van der Waals surface area contributed by atoms with Gasteiger partial charge in [-0.15, -0.1) is 0 Å². The van der Waals surface area contributed by atoms with Crippen molar-refractivity contribution in [3.8, 4) is 0 Å². The molecule has 0 spiro atoms. The minimum absolute atomic E-state index is 0.215. The van der Waals surface area contributed by atoms with Gasteiger partial charge in [0.05, 0.1) is 23.9 Å². The Hall–Kier alpha value is -5.78. The average molecular weight is 611 g/mol. The van der Waals surface area contributed by atoms with Crippen molar-refractivity contribution in [3.05, 3.63) is 108 Å². The number of amides is 4. The zero-order chi connectivity index (χ0) is 32.0. The summed E-state index contributed by atoms with van der Waals surface area (Å²) in [7, 11) is 0. The van der Waals surface area contributed by atoms with Gasteiger partial charge in [-0.2, -0.15) is 10.2 Å². The number of hydrogen-bond acceptors (Lipinski definition) is 8. The van der Waals surface area contributed by atoms with Crippen molar-refractivity contribution in [1.29, 1.82) is 0 Å². The summed E-state index contributed by atoms with van der Waals surface area (Å²) in [5.74, 6) is -0.675. The fraction of sp³-hybridized carbons (Fsp3) is 0.212. The first kappa shape index (κ1) is 32.1. The molecule has 4 amide bonds. The number of carbonyl (C=O) groups excluding carboxylic acids is 4. The quantitative estimate of drug-likeness (QED) is 0.0810. The van der Waals surface area contributed by atoms with E-state index in [1.165, 1.54) is 12.5 Å². The molecule has 0 aliphatic rings. The molecule has 4 aromatic rings. The van der Waals surface area contributed by atoms with Crippen molar-refractivity contribution < 1.29 is 28.0 Å². The molecule has 0 saturated carbocycles. The Balaban J connectivity index is 1.09. The summed E-state index contributed by atoms with van der Waals surface area (Å²) in [5, 5.41) is 13.8. The second-order valence-corrected chi connectivity index (χ2v) is 10.0. The van der Waals surface area contributed by atoms with Crippen LogP contribution in [-0.2, 0) is 9.59 Å². The van der Waals surface area contributed by atoms with Crippen molar-refractivity contribution in [2.24, 2.45) is 10.2 Å². The third kappa shape index (κ3) is 10.2. The zero-order valence-corrected chi connectivity index (χ0v) is 25.0. The summed E-state index contributed by atoms with van der Waals surface area (Å²) in [6, 6.07) is 20.6. The molecule has 12 nitrogen and oxygen atoms in total. The molecule has 2 heterocycles. The van der Waals surface area contributed by atoms with Crippen LogP contribution in [0, 0.1) is 0 Å². The molecule has 0 aliphatic heterocycles. The van der Waals surface area contributed by atoms with Gasteiger partial charge in [-0.25, -0.2) is 10.9 Å². The number of hydrogen-bond donors (Lipinski definition) is 4. The Morgan fingerprint density at radius 2 is 0.978 bits per heavy atom. The van der Waals surface area contributed by atoms with Crippen LogP contribution in [0.15, 0.2) is 104 Å². The molecule has 0 aliphatic carbocycles. The molecule has 2 aromatic heterocycles. The number of hydrazone groups is 2. The topological polar surface area (TPSA) is 167 Å². The molecule has 0 fully saturated rings. The van der Waals surface area contributed by atoms with Gasteiger partial charge >= 0.3 is 0 Å². The monoisotopic (exact) mass is 610 g/mol. The molecular weight excluding hydrogens is 576 g/mol. The lowest BCUT2D eigenvalue weighted by atomic mass is 10.1. The minimum Gasteiger partial charge on any atom is -0.459 e. The van der Waals surface area contributed by atoms with Crippen molar-refractivity contribution in [2.45, 2.75) is 46.0 Å². The molecule has 232 valence electrons. The molecule has 45 heavy (non-hydrogen) atoms. The number of nitrogens with zero attached hydrogens (tertiary/aromatic N) is 2. The van der Waals surface area contributed by atoms with E-state index in [0.717, 1.165) is 11.1 Å². The highest BCUT2D eigenvalue weighted by atomic mass is 16.3.